The van der Waals surface area contributed by atoms with Gasteiger partial charge in [-0.15, -0.1) is 0 Å². The summed E-state index contributed by atoms with van der Waals surface area (Å²) in [5.74, 6) is -5.14. The minimum atomic E-state index is -3.47. The van der Waals surface area contributed by atoms with Gasteiger partial charge in [-0.3, -0.25) is 9.79 Å². The van der Waals surface area contributed by atoms with Crippen molar-refractivity contribution in [1.29, 1.82) is 0 Å². The fourth-order valence-electron chi connectivity index (χ4n) is 2.76. The molecule has 1 atom stereocenters. The van der Waals surface area contributed by atoms with Crippen LogP contribution in [0.15, 0.2) is 35.5 Å². The van der Waals surface area contributed by atoms with Gasteiger partial charge < -0.3 is 15.8 Å². The Balaban J connectivity index is 1.93. The number of pyridine rings is 1. The topological polar surface area (TPSA) is 89.6 Å². The number of amidine groups is 1. The molecule has 6 nitrogen and oxygen atoms in total. The Morgan fingerprint density at radius 3 is 2.86 bits per heavy atom. The molecule has 1 aliphatic heterocycles. The minimum Gasteiger partial charge on any atom is -0.386 e. The van der Waals surface area contributed by atoms with E-state index >= 15 is 0 Å². The van der Waals surface area contributed by atoms with Crippen LogP contribution in [0.3, 0.4) is 0 Å². The molecule has 0 radical (unpaired) electrons. The van der Waals surface area contributed by atoms with E-state index in [4.69, 9.17) is 22.1 Å². The SMILES string of the molecule is Cc1cc(Cl)cnc1C(=O)Nc1ccc(F)c(C2N=C(N)COCC2(F)F)c1. The molecule has 1 unspecified atom stereocenters. The van der Waals surface area contributed by atoms with E-state index in [1.807, 2.05) is 0 Å². The lowest BCUT2D eigenvalue weighted by molar-refractivity contribution is -0.0831. The second-order valence-electron chi connectivity index (χ2n) is 6.29. The summed E-state index contributed by atoms with van der Waals surface area (Å²) in [7, 11) is 0. The predicted molar refractivity (Wildman–Crippen MR) is 98.5 cm³/mol. The highest BCUT2D eigenvalue weighted by Gasteiger charge is 2.44. The number of aryl methyl sites for hydroxylation is 1. The molecule has 0 saturated heterocycles. The lowest BCUT2D eigenvalue weighted by Gasteiger charge is -2.22. The first-order chi connectivity index (χ1) is 13.2. The van der Waals surface area contributed by atoms with Crippen LogP contribution in [-0.2, 0) is 4.74 Å². The number of halogens is 4. The maximum absolute atomic E-state index is 14.4. The number of ether oxygens (including phenoxy) is 1. The number of hydrogen-bond acceptors (Lipinski definition) is 5. The summed E-state index contributed by atoms with van der Waals surface area (Å²) in [5, 5.41) is 2.88. The second kappa shape index (κ2) is 7.76. The molecule has 2 aromatic rings. The highest BCUT2D eigenvalue weighted by Crippen LogP contribution is 2.38. The molecule has 2 heterocycles. The third-order valence-corrected chi connectivity index (χ3v) is 4.25. The number of carbonyl (C=O) groups is 1. The van der Waals surface area contributed by atoms with Gasteiger partial charge in [-0.25, -0.2) is 18.2 Å². The number of anilines is 1. The number of hydrogen-bond donors (Lipinski definition) is 2. The fourth-order valence-corrected chi connectivity index (χ4v) is 2.98. The molecular formula is C18H16ClF3N4O2. The van der Waals surface area contributed by atoms with Crippen LogP contribution in [0, 0.1) is 12.7 Å². The number of rotatable bonds is 3. The van der Waals surface area contributed by atoms with Crippen molar-refractivity contribution in [2.24, 2.45) is 10.7 Å². The van der Waals surface area contributed by atoms with E-state index in [9.17, 15) is 18.0 Å². The molecule has 3 N–H and O–H groups in total. The van der Waals surface area contributed by atoms with Crippen molar-refractivity contribution in [3.05, 3.63) is 58.1 Å². The van der Waals surface area contributed by atoms with Crippen LogP contribution >= 0.6 is 11.6 Å². The molecule has 0 saturated carbocycles. The monoisotopic (exact) mass is 412 g/mol. The van der Waals surface area contributed by atoms with Crippen molar-refractivity contribution in [2.45, 2.75) is 18.9 Å². The first-order valence-corrected chi connectivity index (χ1v) is 8.56. The van der Waals surface area contributed by atoms with E-state index in [0.29, 0.717) is 10.6 Å². The average Bonchev–Trinajstić information content (AvgIpc) is 2.74. The quantitative estimate of drug-likeness (QED) is 0.807. The second-order valence-corrected chi connectivity index (χ2v) is 6.72. The highest BCUT2D eigenvalue weighted by molar-refractivity contribution is 6.30. The van der Waals surface area contributed by atoms with Crippen molar-refractivity contribution in [1.82, 2.24) is 4.98 Å². The lowest BCUT2D eigenvalue weighted by Crippen LogP contribution is -2.30. The van der Waals surface area contributed by atoms with E-state index in [1.165, 1.54) is 12.3 Å². The van der Waals surface area contributed by atoms with E-state index < -0.39 is 35.9 Å². The van der Waals surface area contributed by atoms with Gasteiger partial charge in [-0.1, -0.05) is 11.6 Å². The molecule has 0 fully saturated rings. The third kappa shape index (κ3) is 4.26. The van der Waals surface area contributed by atoms with Gasteiger partial charge in [0.05, 0.1) is 5.02 Å². The number of benzene rings is 1. The zero-order valence-electron chi connectivity index (χ0n) is 14.7. The molecule has 1 amide bonds. The molecule has 1 aliphatic rings. The standard InChI is InChI=1S/C18H16ClF3N4O2/c1-9-4-10(19)6-24-15(9)17(27)25-11-2-3-13(20)12(5-11)16-18(21,22)8-28-7-14(23)26-16/h2-6,16H,7-8H2,1H3,(H2,23,26)(H,25,27). The largest absolute Gasteiger partial charge is 0.386 e. The van der Waals surface area contributed by atoms with E-state index in [2.05, 4.69) is 15.3 Å². The van der Waals surface area contributed by atoms with Gasteiger partial charge in [0, 0.05) is 17.4 Å². The normalized spacial score (nSPS) is 18.9. The number of nitrogens with one attached hydrogen (secondary N) is 1. The van der Waals surface area contributed by atoms with Gasteiger partial charge in [0.2, 0.25) is 0 Å². The van der Waals surface area contributed by atoms with Crippen molar-refractivity contribution in [3.8, 4) is 0 Å². The van der Waals surface area contributed by atoms with Gasteiger partial charge in [0.1, 0.15) is 36.6 Å². The zero-order chi connectivity index (χ0) is 20.5. The maximum atomic E-state index is 14.4. The number of aliphatic imine (C=N–C) groups is 1. The Bertz CT molecular complexity index is 952. The Morgan fingerprint density at radius 1 is 1.39 bits per heavy atom. The number of nitrogens with two attached hydrogens (primary N) is 1. The molecule has 1 aromatic carbocycles. The average molecular weight is 413 g/mol. The van der Waals surface area contributed by atoms with Crippen molar-refractivity contribution < 1.29 is 22.7 Å². The molecule has 3 rings (SSSR count). The first-order valence-electron chi connectivity index (χ1n) is 8.18. The van der Waals surface area contributed by atoms with Crippen molar-refractivity contribution >= 4 is 29.0 Å². The highest BCUT2D eigenvalue weighted by atomic mass is 35.5. The van der Waals surface area contributed by atoms with E-state index in [-0.39, 0.29) is 23.8 Å². The van der Waals surface area contributed by atoms with Crippen LogP contribution in [0.5, 0.6) is 0 Å². The zero-order valence-corrected chi connectivity index (χ0v) is 15.4. The molecule has 28 heavy (non-hydrogen) atoms. The van der Waals surface area contributed by atoms with Gasteiger partial charge >= 0.3 is 0 Å². The van der Waals surface area contributed by atoms with Crippen LogP contribution in [0.2, 0.25) is 5.02 Å². The third-order valence-electron chi connectivity index (χ3n) is 4.05. The number of carbonyl (C=O) groups excluding carboxylic acids is 1. The number of amides is 1. The Kier molecular flexibility index (Phi) is 5.57. The smallest absolute Gasteiger partial charge is 0.297 e. The first kappa shape index (κ1) is 20.1. The molecule has 0 spiro atoms. The molecule has 10 heteroatoms. The lowest BCUT2D eigenvalue weighted by atomic mass is 10.00. The summed E-state index contributed by atoms with van der Waals surface area (Å²) in [4.78, 5) is 20.1. The summed E-state index contributed by atoms with van der Waals surface area (Å²) < 4.78 is 47.8. The number of nitrogens with zero attached hydrogens (tertiary/aromatic N) is 2. The molecule has 148 valence electrons. The number of aromatic nitrogens is 1. The van der Waals surface area contributed by atoms with Crippen LogP contribution in [0.1, 0.15) is 27.7 Å². The Labute approximate surface area is 163 Å². The number of alkyl halides is 2. The van der Waals surface area contributed by atoms with E-state index in [0.717, 1.165) is 12.1 Å². The van der Waals surface area contributed by atoms with Gasteiger partial charge in [0.25, 0.3) is 11.8 Å². The van der Waals surface area contributed by atoms with Gasteiger partial charge in [-0.2, -0.15) is 0 Å². The maximum Gasteiger partial charge on any atom is 0.297 e. The summed E-state index contributed by atoms with van der Waals surface area (Å²) in [6.45, 7) is 0.422. The molecule has 1 aromatic heterocycles. The van der Waals surface area contributed by atoms with Crippen LogP contribution in [0.25, 0.3) is 0 Å². The van der Waals surface area contributed by atoms with Crippen LogP contribution in [-0.4, -0.2) is 35.9 Å². The minimum absolute atomic E-state index is 0.103. The van der Waals surface area contributed by atoms with Crippen LogP contribution < -0.4 is 11.1 Å². The van der Waals surface area contributed by atoms with Gasteiger partial charge in [-0.05, 0) is 36.8 Å². The van der Waals surface area contributed by atoms with Gasteiger partial charge in [0.15, 0.2) is 0 Å². The summed E-state index contributed by atoms with van der Waals surface area (Å²) >= 11 is 5.82. The van der Waals surface area contributed by atoms with E-state index in [1.54, 1.807) is 13.0 Å². The molecule has 0 aliphatic carbocycles. The Hall–Kier alpha value is -2.65. The Morgan fingerprint density at radius 2 is 2.14 bits per heavy atom. The summed E-state index contributed by atoms with van der Waals surface area (Å²) in [6, 6.07) is 3.01. The van der Waals surface area contributed by atoms with Crippen molar-refractivity contribution in [3.63, 3.8) is 0 Å². The molecule has 0 bridgehead atoms. The van der Waals surface area contributed by atoms with Crippen LogP contribution in [0.4, 0.5) is 18.9 Å². The van der Waals surface area contributed by atoms with Crippen molar-refractivity contribution in [2.75, 3.05) is 18.5 Å². The predicted octanol–water partition coefficient (Wildman–Crippen LogP) is 3.50. The molecular weight excluding hydrogens is 397 g/mol. The summed E-state index contributed by atoms with van der Waals surface area (Å²) in [6.07, 6.45) is 1.31. The summed E-state index contributed by atoms with van der Waals surface area (Å²) in [5.41, 5.74) is 5.86. The fraction of sp³-hybridized carbons (Fsp3) is 0.278.